The summed E-state index contributed by atoms with van der Waals surface area (Å²) in [5.74, 6) is -1.62. The van der Waals surface area contributed by atoms with Gasteiger partial charge in [-0.2, -0.15) is 5.10 Å². The van der Waals surface area contributed by atoms with E-state index in [-0.39, 0.29) is 67.2 Å². The quantitative estimate of drug-likeness (QED) is 0.321. The minimum Gasteiger partial charge on any atom is -0.481 e. The highest BCUT2D eigenvalue weighted by atomic mass is 35.5. The monoisotopic (exact) mass is 561 g/mol. The van der Waals surface area contributed by atoms with E-state index in [0.717, 1.165) is 5.69 Å². The molecule has 0 spiro atoms. The van der Waals surface area contributed by atoms with Crippen molar-refractivity contribution in [3.63, 3.8) is 0 Å². The Labute approximate surface area is 229 Å². The third-order valence-corrected chi connectivity index (χ3v) is 8.01. The Kier molecular flexibility index (Phi) is 7.36. The number of aryl methyl sites for hydroxylation is 1. The largest absolute Gasteiger partial charge is 0.481 e. The first-order chi connectivity index (χ1) is 18.5. The third kappa shape index (κ3) is 5.36. The number of rotatable bonds is 8. The van der Waals surface area contributed by atoms with Crippen LogP contribution in [-0.2, 0) is 28.1 Å². The van der Waals surface area contributed by atoms with Gasteiger partial charge >= 0.3 is 5.97 Å². The number of piperidine rings is 1. The van der Waals surface area contributed by atoms with E-state index in [4.69, 9.17) is 16.3 Å². The van der Waals surface area contributed by atoms with Gasteiger partial charge in [-0.3, -0.25) is 14.8 Å². The first-order valence-corrected chi connectivity index (χ1v) is 13.1. The van der Waals surface area contributed by atoms with Crippen molar-refractivity contribution < 1.29 is 28.5 Å². The number of aliphatic carboxylic acids is 1. The number of likely N-dealkylation sites (tertiary alicyclic amines) is 1. The molecule has 0 bridgehead atoms. The molecule has 9 nitrogen and oxygen atoms in total. The van der Waals surface area contributed by atoms with Gasteiger partial charge in [0.15, 0.2) is 11.6 Å². The summed E-state index contributed by atoms with van der Waals surface area (Å²) in [6.45, 7) is 4.17. The first kappa shape index (κ1) is 27.4. The summed E-state index contributed by atoms with van der Waals surface area (Å²) < 4.78 is 35.5. The van der Waals surface area contributed by atoms with Crippen molar-refractivity contribution in [3.8, 4) is 0 Å². The number of hydrogen-bond acceptors (Lipinski definition) is 7. The van der Waals surface area contributed by atoms with Gasteiger partial charge in [-0.25, -0.2) is 13.8 Å². The molecule has 4 heterocycles. The molecule has 2 fully saturated rings. The summed E-state index contributed by atoms with van der Waals surface area (Å²) in [5, 5.41) is 31.2. The van der Waals surface area contributed by atoms with E-state index < -0.39 is 28.6 Å². The zero-order chi connectivity index (χ0) is 27.9. The lowest BCUT2D eigenvalue weighted by Gasteiger charge is -2.43. The molecule has 12 heteroatoms. The Balaban J connectivity index is 1.43. The van der Waals surface area contributed by atoms with Crippen molar-refractivity contribution in [1.82, 2.24) is 20.1 Å². The van der Waals surface area contributed by atoms with E-state index in [1.54, 1.807) is 18.2 Å². The Hall–Kier alpha value is -3.12. The molecule has 2 atom stereocenters. The minimum atomic E-state index is -1.53. The van der Waals surface area contributed by atoms with Gasteiger partial charge in [0.1, 0.15) is 17.2 Å². The van der Waals surface area contributed by atoms with Crippen LogP contribution in [0.15, 0.2) is 30.3 Å². The number of pyridine rings is 1. The van der Waals surface area contributed by atoms with Crippen molar-refractivity contribution >= 4 is 29.2 Å². The molecule has 1 aromatic carbocycles. The third-order valence-electron chi connectivity index (χ3n) is 7.72. The number of carboxylic acids is 1. The average Bonchev–Trinajstić information content (AvgIpc) is 3.28. The minimum absolute atomic E-state index is 0.00374. The molecule has 0 aliphatic carbocycles. The van der Waals surface area contributed by atoms with Crippen molar-refractivity contribution in [1.29, 1.82) is 0 Å². The fraction of sp³-hybridized carbons (Fsp3) is 0.444. The Morgan fingerprint density at radius 3 is 2.67 bits per heavy atom. The van der Waals surface area contributed by atoms with Crippen LogP contribution in [0.4, 0.5) is 20.4 Å². The lowest BCUT2D eigenvalue weighted by atomic mass is 9.72. The lowest BCUT2D eigenvalue weighted by Crippen LogP contribution is -2.50. The molecular formula is C27H30ClF2N5O4. The van der Waals surface area contributed by atoms with Gasteiger partial charge in [-0.1, -0.05) is 23.7 Å². The fourth-order valence-corrected chi connectivity index (χ4v) is 5.61. The zero-order valence-electron chi connectivity index (χ0n) is 21.6. The topological polar surface area (TPSA) is 124 Å². The van der Waals surface area contributed by atoms with E-state index in [1.165, 1.54) is 12.1 Å². The Morgan fingerprint density at radius 1 is 1.28 bits per heavy atom. The summed E-state index contributed by atoms with van der Waals surface area (Å²) in [7, 11) is 0. The molecule has 39 heavy (non-hydrogen) atoms. The maximum atomic E-state index is 15.9. The van der Waals surface area contributed by atoms with E-state index >= 15 is 4.39 Å². The predicted molar refractivity (Wildman–Crippen MR) is 140 cm³/mol. The first-order valence-electron chi connectivity index (χ1n) is 12.7. The van der Waals surface area contributed by atoms with E-state index in [1.807, 2.05) is 18.7 Å². The van der Waals surface area contributed by atoms with Crippen molar-refractivity contribution in [3.05, 3.63) is 69.5 Å². The van der Waals surface area contributed by atoms with E-state index in [0.29, 0.717) is 17.9 Å². The number of aliphatic hydroxyl groups is 1. The second-order valence-corrected chi connectivity index (χ2v) is 11.1. The number of hydrogen-bond donors (Lipinski definition) is 4. The van der Waals surface area contributed by atoms with Crippen LogP contribution < -0.4 is 5.32 Å². The van der Waals surface area contributed by atoms with Crippen LogP contribution in [0.1, 0.15) is 42.3 Å². The lowest BCUT2D eigenvalue weighted by molar-refractivity contribution is -0.186. The number of carboxylic acid groups (broad SMARTS) is 1. The zero-order valence-corrected chi connectivity index (χ0v) is 22.4. The van der Waals surface area contributed by atoms with Crippen LogP contribution in [0, 0.1) is 24.0 Å². The number of halogens is 3. The average molecular weight is 562 g/mol. The molecule has 5 rings (SSSR count). The van der Waals surface area contributed by atoms with Crippen LogP contribution in [0.3, 0.4) is 0 Å². The fourth-order valence-electron chi connectivity index (χ4n) is 5.42. The van der Waals surface area contributed by atoms with Gasteiger partial charge < -0.3 is 20.3 Å². The molecule has 0 unspecified atom stereocenters. The predicted octanol–water partition coefficient (Wildman–Crippen LogP) is 4.30. The summed E-state index contributed by atoms with van der Waals surface area (Å²) in [5.41, 5.74) is -1.68. The highest BCUT2D eigenvalue weighted by Gasteiger charge is 2.47. The molecule has 3 aromatic rings. The van der Waals surface area contributed by atoms with Gasteiger partial charge in [0.05, 0.1) is 29.3 Å². The van der Waals surface area contributed by atoms with E-state index in [2.05, 4.69) is 20.5 Å². The number of nitrogens with one attached hydrogen (secondary N) is 2. The van der Waals surface area contributed by atoms with Crippen molar-refractivity contribution in [2.24, 2.45) is 5.41 Å². The van der Waals surface area contributed by atoms with Gasteiger partial charge in [0.2, 0.25) is 0 Å². The van der Waals surface area contributed by atoms with Gasteiger partial charge in [-0.15, -0.1) is 0 Å². The standard InChI is InChI=1S/C27H30ClF2N5O4/c1-15-8-22(34-33-15)32-21-9-18(27(38)13-39-14-27)24(30)20(31-21)11-26(25(36)37)6-7-35(16(2)10-26)12-17-4-3-5-19(28)23(17)29/h3-5,8-9,16,38H,6-7,10-14H2,1-2H3,(H,36,37)(H2,31,32,33,34)/t16-,26-/m1/s1. The van der Waals surface area contributed by atoms with Gasteiger partial charge in [-0.05, 0) is 45.4 Å². The summed E-state index contributed by atoms with van der Waals surface area (Å²) in [4.78, 5) is 19.1. The molecule has 2 aromatic heterocycles. The number of ether oxygens (including phenoxy) is 1. The second-order valence-electron chi connectivity index (χ2n) is 10.7. The summed E-state index contributed by atoms with van der Waals surface area (Å²) >= 11 is 5.93. The van der Waals surface area contributed by atoms with Crippen LogP contribution in [0.2, 0.25) is 5.02 Å². The molecule has 0 amide bonds. The van der Waals surface area contributed by atoms with Crippen LogP contribution in [-0.4, -0.2) is 62.1 Å². The summed E-state index contributed by atoms with van der Waals surface area (Å²) in [6, 6.07) is 7.72. The maximum absolute atomic E-state index is 15.9. The number of aromatic nitrogens is 3. The molecule has 0 saturated carbocycles. The highest BCUT2D eigenvalue weighted by Crippen LogP contribution is 2.41. The molecule has 4 N–H and O–H groups in total. The SMILES string of the molecule is Cc1cc(Nc2cc(C3(O)COC3)c(F)c(C[C@@]3(C(=O)O)CCN(Cc4cccc(Cl)c4F)[C@H](C)C3)n2)n[nH]1. The highest BCUT2D eigenvalue weighted by molar-refractivity contribution is 6.30. The molecular weight excluding hydrogens is 532 g/mol. The Bertz CT molecular complexity index is 1400. The smallest absolute Gasteiger partial charge is 0.310 e. The maximum Gasteiger partial charge on any atom is 0.310 e. The molecule has 2 saturated heterocycles. The molecule has 2 aliphatic heterocycles. The molecule has 2 aliphatic rings. The summed E-state index contributed by atoms with van der Waals surface area (Å²) in [6.07, 6.45) is 0.219. The van der Waals surface area contributed by atoms with Gasteiger partial charge in [0.25, 0.3) is 0 Å². The van der Waals surface area contributed by atoms with Crippen LogP contribution in [0.5, 0.6) is 0 Å². The van der Waals surface area contributed by atoms with Crippen LogP contribution in [0.25, 0.3) is 0 Å². The van der Waals surface area contributed by atoms with Gasteiger partial charge in [0, 0.05) is 41.9 Å². The van der Waals surface area contributed by atoms with Crippen molar-refractivity contribution in [2.75, 3.05) is 25.1 Å². The number of carbonyl (C=O) groups is 1. The normalized spacial score (nSPS) is 22.9. The second kappa shape index (κ2) is 10.5. The number of aromatic amines is 1. The number of H-pyrrole nitrogens is 1. The number of nitrogens with zero attached hydrogens (tertiary/aromatic N) is 3. The van der Waals surface area contributed by atoms with E-state index in [9.17, 15) is 19.4 Å². The van der Waals surface area contributed by atoms with Crippen LogP contribution >= 0.6 is 11.6 Å². The number of benzene rings is 1. The molecule has 208 valence electrons. The molecule has 0 radical (unpaired) electrons. The number of anilines is 2. The van der Waals surface area contributed by atoms with Crippen molar-refractivity contribution in [2.45, 2.75) is 51.3 Å². The Morgan fingerprint density at radius 2 is 2.05 bits per heavy atom.